The van der Waals surface area contributed by atoms with Crippen LogP contribution >= 0.6 is 11.6 Å². The Morgan fingerprint density at radius 1 is 1.24 bits per heavy atom. The molecule has 2 aromatic heterocycles. The summed E-state index contributed by atoms with van der Waals surface area (Å²) in [6.07, 6.45) is -0.656. The van der Waals surface area contributed by atoms with E-state index in [-0.39, 0.29) is 22.1 Å². The molecular weight excluding hydrogens is 471 g/mol. The van der Waals surface area contributed by atoms with Crippen molar-refractivity contribution in [2.45, 2.75) is 19.0 Å². The number of hydrogen-bond donors (Lipinski definition) is 3. The third-order valence-electron chi connectivity index (χ3n) is 5.26. The summed E-state index contributed by atoms with van der Waals surface area (Å²) >= 11 is 6.02. The molecule has 4 N–H and O–H groups in total. The van der Waals surface area contributed by atoms with Crippen LogP contribution in [0.5, 0.6) is 0 Å². The lowest BCUT2D eigenvalue weighted by Crippen LogP contribution is -2.41. The monoisotopic (exact) mass is 489 g/mol. The lowest BCUT2D eigenvalue weighted by molar-refractivity contribution is -0.106. The Labute approximate surface area is 197 Å². The quantitative estimate of drug-likeness (QED) is 0.377. The molecule has 0 saturated carbocycles. The number of anilines is 1. The zero-order valence-corrected chi connectivity index (χ0v) is 18.5. The van der Waals surface area contributed by atoms with Crippen LogP contribution in [0.25, 0.3) is 16.8 Å². The van der Waals surface area contributed by atoms with Crippen molar-refractivity contribution in [3.05, 3.63) is 82.3 Å². The van der Waals surface area contributed by atoms with Crippen LogP contribution in [0.2, 0.25) is 5.02 Å². The highest BCUT2D eigenvalue weighted by Crippen LogP contribution is 2.33. The fourth-order valence-electron chi connectivity index (χ4n) is 3.43. The number of nitrogen functional groups attached to an aromatic ring is 1. The van der Waals surface area contributed by atoms with Gasteiger partial charge >= 0.3 is 0 Å². The van der Waals surface area contributed by atoms with Crippen LogP contribution in [-0.2, 0) is 0 Å². The summed E-state index contributed by atoms with van der Waals surface area (Å²) in [4.78, 5) is 16.6. The number of carbonyl (C=O) groups excluding carboxylic acids is 1. The third-order valence-corrected chi connectivity index (χ3v) is 5.58. The summed E-state index contributed by atoms with van der Waals surface area (Å²) in [5.41, 5.74) is 6.49. The summed E-state index contributed by atoms with van der Waals surface area (Å²) in [5.74, 6) is -5.83. The lowest BCUT2D eigenvalue weighted by atomic mass is 10.0. The minimum absolute atomic E-state index is 0.00470. The van der Waals surface area contributed by atoms with Gasteiger partial charge in [-0.1, -0.05) is 41.4 Å². The number of halogens is 4. The molecule has 0 spiro atoms. The predicted octanol–water partition coefficient (Wildman–Crippen LogP) is 4.18. The van der Waals surface area contributed by atoms with Crippen LogP contribution in [-0.4, -0.2) is 38.1 Å². The molecule has 0 bridgehead atoms. The molecular formula is C23H19ClF3N5O2. The Hall–Kier alpha value is -3.63. The maximum Gasteiger partial charge on any atom is 0.294 e. The Morgan fingerprint density at radius 3 is 2.65 bits per heavy atom. The Kier molecular flexibility index (Phi) is 6.20. The van der Waals surface area contributed by atoms with E-state index in [2.05, 4.69) is 10.1 Å². The molecule has 4 rings (SSSR count). The van der Waals surface area contributed by atoms with Crippen LogP contribution in [0, 0.1) is 12.7 Å². The number of carbonyl (C=O) groups is 1. The molecule has 2 aromatic carbocycles. The summed E-state index contributed by atoms with van der Waals surface area (Å²) in [7, 11) is 0. The number of nitrogens with one attached hydrogen (secondary N) is 1. The fraction of sp³-hybridized carbons (Fsp3) is 0.174. The molecule has 0 saturated heterocycles. The highest BCUT2D eigenvalue weighted by Gasteiger charge is 2.40. The standard InChI is InChI=1S/C23H19ClF3N5O2/c1-12-2-4-13(5-3-12)20(33)23(26,27)11-29-21(34)18-16(24)7-6-15(19(18)25)14-8-9-32-17(10-14)30-22(28)31-32/h2-10,20,33H,11H2,1H3,(H2,28,31)(H,29,34)/t20-/m1/s1. The highest BCUT2D eigenvalue weighted by atomic mass is 35.5. The molecule has 1 amide bonds. The van der Waals surface area contributed by atoms with Gasteiger partial charge in [-0.3, -0.25) is 4.79 Å². The number of hydrogen-bond acceptors (Lipinski definition) is 5. The van der Waals surface area contributed by atoms with Gasteiger partial charge in [0.1, 0.15) is 11.9 Å². The molecule has 0 radical (unpaired) electrons. The number of aryl methyl sites for hydroxylation is 1. The van der Waals surface area contributed by atoms with Crippen molar-refractivity contribution < 1.29 is 23.1 Å². The summed E-state index contributed by atoms with van der Waals surface area (Å²) in [5, 5.41) is 15.7. The van der Waals surface area contributed by atoms with Crippen molar-refractivity contribution in [1.29, 1.82) is 0 Å². The van der Waals surface area contributed by atoms with E-state index in [1.807, 2.05) is 5.32 Å². The molecule has 0 aliphatic carbocycles. The average Bonchev–Trinajstić information content (AvgIpc) is 3.17. The third kappa shape index (κ3) is 4.55. The fourth-order valence-corrected chi connectivity index (χ4v) is 3.66. The number of pyridine rings is 1. The number of benzene rings is 2. The van der Waals surface area contributed by atoms with Crippen molar-refractivity contribution in [2.75, 3.05) is 12.3 Å². The highest BCUT2D eigenvalue weighted by molar-refractivity contribution is 6.34. The van der Waals surface area contributed by atoms with Crippen LogP contribution in [0.4, 0.5) is 19.1 Å². The van der Waals surface area contributed by atoms with Crippen LogP contribution in [0.3, 0.4) is 0 Å². The molecule has 34 heavy (non-hydrogen) atoms. The van der Waals surface area contributed by atoms with Crippen molar-refractivity contribution >= 4 is 29.1 Å². The van der Waals surface area contributed by atoms with E-state index >= 15 is 4.39 Å². The Balaban J connectivity index is 1.57. The largest absolute Gasteiger partial charge is 0.382 e. The maximum atomic E-state index is 15.3. The van der Waals surface area contributed by atoms with Crippen molar-refractivity contribution in [2.24, 2.45) is 0 Å². The minimum atomic E-state index is -3.72. The van der Waals surface area contributed by atoms with Crippen molar-refractivity contribution in [3.8, 4) is 11.1 Å². The van der Waals surface area contributed by atoms with E-state index in [1.165, 1.54) is 47.1 Å². The van der Waals surface area contributed by atoms with Crippen LogP contribution in [0.15, 0.2) is 54.7 Å². The van der Waals surface area contributed by atoms with Gasteiger partial charge in [0.25, 0.3) is 11.8 Å². The minimum Gasteiger partial charge on any atom is -0.382 e. The topological polar surface area (TPSA) is 106 Å². The molecule has 11 heteroatoms. The molecule has 4 aromatic rings. The molecule has 0 aliphatic rings. The first kappa shape index (κ1) is 23.5. The number of fused-ring (bicyclic) bond motifs is 1. The molecule has 0 unspecified atom stereocenters. The first-order valence-electron chi connectivity index (χ1n) is 10.1. The second-order valence-electron chi connectivity index (χ2n) is 7.73. The molecule has 0 fully saturated rings. The molecule has 7 nitrogen and oxygen atoms in total. The number of nitrogens with two attached hydrogens (primary N) is 1. The van der Waals surface area contributed by atoms with Gasteiger partial charge in [-0.05, 0) is 42.3 Å². The van der Waals surface area contributed by atoms with E-state index in [4.69, 9.17) is 17.3 Å². The number of aliphatic hydroxyl groups is 1. The van der Waals surface area contributed by atoms with Gasteiger partial charge in [0, 0.05) is 11.8 Å². The number of amides is 1. The van der Waals surface area contributed by atoms with Gasteiger partial charge in [0.05, 0.1) is 17.1 Å². The molecule has 0 aliphatic heterocycles. The van der Waals surface area contributed by atoms with Gasteiger partial charge in [-0.2, -0.15) is 4.98 Å². The SMILES string of the molecule is Cc1ccc([C@@H](O)C(F)(F)CNC(=O)c2c(Cl)ccc(-c3ccn4nc(N)nc4c3)c2F)cc1. The first-order valence-corrected chi connectivity index (χ1v) is 10.5. The summed E-state index contributed by atoms with van der Waals surface area (Å²) in [6, 6.07) is 11.6. The number of alkyl halides is 2. The number of aromatic nitrogens is 3. The number of aliphatic hydroxyl groups excluding tert-OH is 1. The van der Waals surface area contributed by atoms with Gasteiger partial charge < -0.3 is 16.2 Å². The van der Waals surface area contributed by atoms with Crippen molar-refractivity contribution in [3.63, 3.8) is 0 Å². The van der Waals surface area contributed by atoms with Gasteiger partial charge in [0.15, 0.2) is 5.65 Å². The first-order chi connectivity index (χ1) is 16.1. The van der Waals surface area contributed by atoms with E-state index in [0.717, 1.165) is 5.56 Å². The molecule has 2 heterocycles. The van der Waals surface area contributed by atoms with E-state index in [9.17, 15) is 18.7 Å². The Morgan fingerprint density at radius 2 is 1.94 bits per heavy atom. The van der Waals surface area contributed by atoms with E-state index < -0.39 is 35.9 Å². The maximum absolute atomic E-state index is 15.3. The molecule has 1 atom stereocenters. The van der Waals surface area contributed by atoms with E-state index in [0.29, 0.717) is 11.2 Å². The zero-order valence-electron chi connectivity index (χ0n) is 17.8. The smallest absolute Gasteiger partial charge is 0.294 e. The van der Waals surface area contributed by atoms with Gasteiger partial charge in [-0.25, -0.2) is 17.7 Å². The second-order valence-corrected chi connectivity index (χ2v) is 8.14. The second kappa shape index (κ2) is 8.96. The number of rotatable bonds is 6. The normalized spacial score (nSPS) is 12.6. The Bertz CT molecular complexity index is 1380. The lowest BCUT2D eigenvalue weighted by Gasteiger charge is -2.23. The zero-order chi connectivity index (χ0) is 24.6. The van der Waals surface area contributed by atoms with E-state index in [1.54, 1.807) is 19.1 Å². The van der Waals surface area contributed by atoms with Gasteiger partial charge in [0.2, 0.25) is 5.95 Å². The number of nitrogens with zero attached hydrogens (tertiary/aromatic N) is 3. The average molecular weight is 490 g/mol. The van der Waals surface area contributed by atoms with Crippen LogP contribution < -0.4 is 11.1 Å². The summed E-state index contributed by atoms with van der Waals surface area (Å²) in [6.45, 7) is 0.548. The van der Waals surface area contributed by atoms with Gasteiger partial charge in [-0.15, -0.1) is 5.10 Å². The van der Waals surface area contributed by atoms with Crippen LogP contribution in [0.1, 0.15) is 27.6 Å². The van der Waals surface area contributed by atoms with Crippen molar-refractivity contribution in [1.82, 2.24) is 19.9 Å². The predicted molar refractivity (Wildman–Crippen MR) is 121 cm³/mol. The summed E-state index contributed by atoms with van der Waals surface area (Å²) < 4.78 is 45.8. The molecule has 176 valence electrons.